The first kappa shape index (κ1) is 14.4. The number of hydrogen-bond acceptors (Lipinski definition) is 4. The Bertz CT molecular complexity index is 401. The van der Waals surface area contributed by atoms with E-state index >= 15 is 0 Å². The van der Waals surface area contributed by atoms with E-state index in [9.17, 15) is 4.79 Å². The molecule has 0 saturated carbocycles. The van der Waals surface area contributed by atoms with Crippen molar-refractivity contribution in [2.24, 2.45) is 7.05 Å². The number of amides is 1. The van der Waals surface area contributed by atoms with Crippen molar-refractivity contribution < 1.29 is 4.79 Å². The molecule has 1 saturated heterocycles. The highest BCUT2D eigenvalue weighted by Crippen LogP contribution is 2.19. The second-order valence-electron chi connectivity index (χ2n) is 4.81. The van der Waals surface area contributed by atoms with E-state index in [2.05, 4.69) is 15.6 Å². The molecule has 1 amide bonds. The molecule has 106 valence electrons. The minimum absolute atomic E-state index is 0.137. The van der Waals surface area contributed by atoms with E-state index in [0.717, 1.165) is 25.3 Å². The van der Waals surface area contributed by atoms with Crippen LogP contribution in [0.25, 0.3) is 0 Å². The molecular weight excluding hydrogens is 260 g/mol. The second-order valence-corrected chi connectivity index (χ2v) is 6.10. The molecule has 0 atom stereocenters. The Balaban J connectivity index is 1.58. The molecule has 6 heteroatoms. The standard InChI is InChI=1S/C13H22N4OS/c1-17-9-8-15-12(17)4-7-16-13(18)10-19-11-2-5-14-6-3-11/h8-9,11,14H,2-7,10H2,1H3,(H,16,18). The van der Waals surface area contributed by atoms with Crippen LogP contribution in [0.5, 0.6) is 0 Å². The topological polar surface area (TPSA) is 59.0 Å². The highest BCUT2D eigenvalue weighted by molar-refractivity contribution is 8.00. The number of carbonyl (C=O) groups is 1. The van der Waals surface area contributed by atoms with Crippen molar-refractivity contribution in [2.75, 3.05) is 25.4 Å². The molecule has 0 spiro atoms. The van der Waals surface area contributed by atoms with Crippen molar-refractivity contribution in [3.8, 4) is 0 Å². The molecule has 1 aromatic rings. The second kappa shape index (κ2) is 7.55. The van der Waals surface area contributed by atoms with E-state index in [1.165, 1.54) is 12.8 Å². The van der Waals surface area contributed by atoms with Gasteiger partial charge in [-0.1, -0.05) is 0 Å². The molecule has 1 aliphatic heterocycles. The largest absolute Gasteiger partial charge is 0.355 e. The molecule has 5 nitrogen and oxygen atoms in total. The van der Waals surface area contributed by atoms with Gasteiger partial charge in [-0.15, -0.1) is 11.8 Å². The van der Waals surface area contributed by atoms with Crippen LogP contribution in [0.15, 0.2) is 12.4 Å². The van der Waals surface area contributed by atoms with Crippen molar-refractivity contribution in [3.05, 3.63) is 18.2 Å². The van der Waals surface area contributed by atoms with Gasteiger partial charge in [0.1, 0.15) is 5.82 Å². The van der Waals surface area contributed by atoms with Crippen LogP contribution in [0, 0.1) is 0 Å². The summed E-state index contributed by atoms with van der Waals surface area (Å²) in [4.78, 5) is 16.0. The fourth-order valence-corrected chi connectivity index (χ4v) is 3.22. The number of carbonyl (C=O) groups excluding carboxylic acids is 1. The third-order valence-electron chi connectivity index (χ3n) is 3.33. The van der Waals surface area contributed by atoms with Crippen LogP contribution in [0.1, 0.15) is 18.7 Å². The van der Waals surface area contributed by atoms with Gasteiger partial charge in [-0.2, -0.15) is 0 Å². The molecule has 0 unspecified atom stereocenters. The number of aryl methyl sites for hydroxylation is 1. The number of rotatable bonds is 6. The lowest BCUT2D eigenvalue weighted by Crippen LogP contribution is -2.32. The number of aromatic nitrogens is 2. The van der Waals surface area contributed by atoms with Crippen LogP contribution in [0.3, 0.4) is 0 Å². The Labute approximate surface area is 118 Å². The molecule has 2 N–H and O–H groups in total. The van der Waals surface area contributed by atoms with Crippen molar-refractivity contribution in [1.29, 1.82) is 0 Å². The number of nitrogens with zero attached hydrogens (tertiary/aromatic N) is 2. The summed E-state index contributed by atoms with van der Waals surface area (Å²) in [5.41, 5.74) is 0. The number of nitrogens with one attached hydrogen (secondary N) is 2. The first-order valence-electron chi connectivity index (χ1n) is 6.81. The summed E-state index contributed by atoms with van der Waals surface area (Å²) < 4.78 is 1.98. The van der Waals surface area contributed by atoms with Gasteiger partial charge in [0, 0.05) is 37.7 Å². The lowest BCUT2D eigenvalue weighted by atomic mass is 10.2. The fourth-order valence-electron chi connectivity index (χ4n) is 2.16. The first-order chi connectivity index (χ1) is 9.25. The number of thioether (sulfide) groups is 1. The quantitative estimate of drug-likeness (QED) is 0.800. The molecule has 1 aliphatic rings. The molecule has 19 heavy (non-hydrogen) atoms. The monoisotopic (exact) mass is 282 g/mol. The summed E-state index contributed by atoms with van der Waals surface area (Å²) in [5.74, 6) is 1.72. The van der Waals surface area contributed by atoms with Gasteiger partial charge >= 0.3 is 0 Å². The molecule has 0 radical (unpaired) electrons. The smallest absolute Gasteiger partial charge is 0.230 e. The lowest BCUT2D eigenvalue weighted by molar-refractivity contribution is -0.118. The van der Waals surface area contributed by atoms with Crippen LogP contribution in [0.4, 0.5) is 0 Å². The molecule has 0 bridgehead atoms. The van der Waals surface area contributed by atoms with Crippen molar-refractivity contribution in [3.63, 3.8) is 0 Å². The van der Waals surface area contributed by atoms with Gasteiger partial charge in [-0.25, -0.2) is 4.98 Å². The SMILES string of the molecule is Cn1ccnc1CCNC(=O)CSC1CCNCC1. The molecule has 0 aromatic carbocycles. The molecule has 0 aliphatic carbocycles. The van der Waals surface area contributed by atoms with Crippen molar-refractivity contribution in [2.45, 2.75) is 24.5 Å². The van der Waals surface area contributed by atoms with E-state index < -0.39 is 0 Å². The Morgan fingerprint density at radius 3 is 3.05 bits per heavy atom. The summed E-state index contributed by atoms with van der Waals surface area (Å²) in [6.45, 7) is 2.83. The van der Waals surface area contributed by atoms with Gasteiger partial charge in [-0.05, 0) is 25.9 Å². The summed E-state index contributed by atoms with van der Waals surface area (Å²) in [7, 11) is 1.97. The zero-order chi connectivity index (χ0) is 13.5. The summed E-state index contributed by atoms with van der Waals surface area (Å²) in [6, 6.07) is 0. The van der Waals surface area contributed by atoms with Crippen LogP contribution in [-0.4, -0.2) is 46.1 Å². The Morgan fingerprint density at radius 1 is 1.58 bits per heavy atom. The fraction of sp³-hybridized carbons (Fsp3) is 0.692. The van der Waals surface area contributed by atoms with E-state index in [0.29, 0.717) is 17.5 Å². The molecule has 1 fully saturated rings. The third-order valence-corrected chi connectivity index (χ3v) is 4.70. The van der Waals surface area contributed by atoms with Gasteiger partial charge < -0.3 is 15.2 Å². The van der Waals surface area contributed by atoms with E-state index in [-0.39, 0.29) is 5.91 Å². The molecule has 1 aromatic heterocycles. The average Bonchev–Trinajstić information content (AvgIpc) is 2.83. The zero-order valence-corrected chi connectivity index (χ0v) is 12.2. The predicted molar refractivity (Wildman–Crippen MR) is 78.3 cm³/mol. The third kappa shape index (κ3) is 4.87. The van der Waals surface area contributed by atoms with E-state index in [1.54, 1.807) is 18.0 Å². The Hall–Kier alpha value is -1.01. The summed E-state index contributed by atoms with van der Waals surface area (Å²) >= 11 is 1.78. The number of piperidine rings is 1. The molecule has 2 rings (SSSR count). The maximum atomic E-state index is 11.7. The van der Waals surface area contributed by atoms with Crippen LogP contribution in [-0.2, 0) is 18.3 Å². The predicted octanol–water partition coefficient (Wildman–Crippen LogP) is 0.564. The van der Waals surface area contributed by atoms with E-state index in [1.807, 2.05) is 17.8 Å². The Kier molecular flexibility index (Phi) is 5.72. The van der Waals surface area contributed by atoms with Crippen LogP contribution in [0.2, 0.25) is 0 Å². The van der Waals surface area contributed by atoms with Gasteiger partial charge in [0.15, 0.2) is 0 Å². The van der Waals surface area contributed by atoms with Gasteiger partial charge in [-0.3, -0.25) is 4.79 Å². The molecular formula is C13H22N4OS. The van der Waals surface area contributed by atoms with Gasteiger partial charge in [0.05, 0.1) is 5.75 Å². The first-order valence-corrected chi connectivity index (χ1v) is 7.86. The van der Waals surface area contributed by atoms with Crippen molar-refractivity contribution in [1.82, 2.24) is 20.2 Å². The molecule has 2 heterocycles. The maximum Gasteiger partial charge on any atom is 0.230 e. The minimum Gasteiger partial charge on any atom is -0.355 e. The van der Waals surface area contributed by atoms with Crippen molar-refractivity contribution >= 4 is 17.7 Å². The van der Waals surface area contributed by atoms with Crippen LogP contribution < -0.4 is 10.6 Å². The summed E-state index contributed by atoms with van der Waals surface area (Å²) in [6.07, 6.45) is 6.83. The minimum atomic E-state index is 0.137. The Morgan fingerprint density at radius 2 is 2.37 bits per heavy atom. The number of imidazole rings is 1. The summed E-state index contributed by atoms with van der Waals surface area (Å²) in [5, 5.41) is 6.93. The highest BCUT2D eigenvalue weighted by atomic mass is 32.2. The van der Waals surface area contributed by atoms with Gasteiger partial charge in [0.2, 0.25) is 5.91 Å². The van der Waals surface area contributed by atoms with Crippen LogP contribution >= 0.6 is 11.8 Å². The van der Waals surface area contributed by atoms with E-state index in [4.69, 9.17) is 0 Å². The van der Waals surface area contributed by atoms with Gasteiger partial charge in [0.25, 0.3) is 0 Å². The highest BCUT2D eigenvalue weighted by Gasteiger charge is 2.14. The normalized spacial score (nSPS) is 16.5. The zero-order valence-electron chi connectivity index (χ0n) is 11.4. The average molecular weight is 282 g/mol. The maximum absolute atomic E-state index is 11.7. The lowest BCUT2D eigenvalue weighted by Gasteiger charge is -2.21. The number of hydrogen-bond donors (Lipinski definition) is 2.